The predicted octanol–water partition coefficient (Wildman–Crippen LogP) is 5.53. The molecule has 1 N–H and O–H groups in total. The topological polar surface area (TPSA) is 94.8 Å². The van der Waals surface area contributed by atoms with Gasteiger partial charge in [0, 0.05) is 17.1 Å². The maximum atomic E-state index is 14.1. The van der Waals surface area contributed by atoms with E-state index in [4.69, 9.17) is 0 Å². The standard InChI is InChI=1S/C23H16F6N6O2S/c1-11-9-12(2)31-22(30-11)38-10-17-20(21(36)32-16-8-7-15(24)18(25)19(16)26)33-34-35(17)13-3-5-14(6-4-13)37-23(27,28)29/h3-9H,10H2,1-2H3,(H,32,36). The van der Waals surface area contributed by atoms with Gasteiger partial charge in [-0.25, -0.2) is 27.8 Å². The summed E-state index contributed by atoms with van der Waals surface area (Å²) in [6.45, 7) is 3.54. The Bertz CT molecular complexity index is 1470. The van der Waals surface area contributed by atoms with Gasteiger partial charge in [-0.05, 0) is 56.3 Å². The summed E-state index contributed by atoms with van der Waals surface area (Å²) in [4.78, 5) is 21.6. The lowest BCUT2D eigenvalue weighted by molar-refractivity contribution is -0.274. The molecule has 0 aliphatic heterocycles. The van der Waals surface area contributed by atoms with Gasteiger partial charge in [0.25, 0.3) is 5.91 Å². The molecule has 198 valence electrons. The van der Waals surface area contributed by atoms with Crippen molar-refractivity contribution in [2.75, 3.05) is 5.32 Å². The molecule has 1 amide bonds. The number of rotatable bonds is 7. The zero-order valence-corrected chi connectivity index (χ0v) is 20.3. The second-order valence-corrected chi connectivity index (χ2v) is 8.68. The number of aryl methyl sites for hydroxylation is 2. The number of anilines is 1. The van der Waals surface area contributed by atoms with Crippen LogP contribution in [0.4, 0.5) is 32.0 Å². The second kappa shape index (κ2) is 10.7. The van der Waals surface area contributed by atoms with Gasteiger partial charge in [0.15, 0.2) is 28.3 Å². The fourth-order valence-corrected chi connectivity index (χ4v) is 4.24. The van der Waals surface area contributed by atoms with Gasteiger partial charge in [0.05, 0.1) is 17.1 Å². The van der Waals surface area contributed by atoms with E-state index in [1.54, 1.807) is 19.9 Å². The fraction of sp³-hybridized carbons (Fsp3) is 0.174. The molecule has 4 aromatic rings. The van der Waals surface area contributed by atoms with Crippen LogP contribution < -0.4 is 10.1 Å². The molecule has 0 radical (unpaired) electrons. The van der Waals surface area contributed by atoms with Crippen molar-refractivity contribution in [3.63, 3.8) is 0 Å². The van der Waals surface area contributed by atoms with Crippen molar-refractivity contribution in [2.45, 2.75) is 31.1 Å². The van der Waals surface area contributed by atoms with Gasteiger partial charge in [-0.3, -0.25) is 4.79 Å². The van der Waals surface area contributed by atoms with Crippen molar-refractivity contribution < 1.29 is 35.9 Å². The van der Waals surface area contributed by atoms with Gasteiger partial charge in [0.2, 0.25) is 0 Å². The van der Waals surface area contributed by atoms with E-state index in [9.17, 15) is 31.1 Å². The molecule has 2 aromatic heterocycles. The molecule has 4 rings (SSSR count). The number of amides is 1. The molecule has 8 nitrogen and oxygen atoms in total. The molecule has 0 saturated heterocycles. The lowest BCUT2D eigenvalue weighted by Crippen LogP contribution is -2.17. The third-order valence-electron chi connectivity index (χ3n) is 4.88. The van der Waals surface area contributed by atoms with Gasteiger partial charge in [-0.2, -0.15) is 0 Å². The number of aromatic nitrogens is 5. The van der Waals surface area contributed by atoms with Crippen LogP contribution in [0.3, 0.4) is 0 Å². The van der Waals surface area contributed by atoms with Crippen molar-refractivity contribution in [2.24, 2.45) is 0 Å². The average Bonchev–Trinajstić information content (AvgIpc) is 3.26. The van der Waals surface area contributed by atoms with Crippen LogP contribution >= 0.6 is 11.8 Å². The second-order valence-electron chi connectivity index (χ2n) is 7.74. The van der Waals surface area contributed by atoms with E-state index in [2.05, 4.69) is 30.3 Å². The van der Waals surface area contributed by atoms with Crippen LogP contribution in [0.5, 0.6) is 5.75 Å². The predicted molar refractivity (Wildman–Crippen MR) is 123 cm³/mol. The minimum absolute atomic E-state index is 0.000287. The quantitative estimate of drug-likeness (QED) is 0.139. The Kier molecular flexibility index (Phi) is 7.57. The number of hydrogen-bond acceptors (Lipinski definition) is 7. The first kappa shape index (κ1) is 26.9. The van der Waals surface area contributed by atoms with E-state index in [0.717, 1.165) is 30.0 Å². The van der Waals surface area contributed by atoms with Gasteiger partial charge in [0.1, 0.15) is 5.75 Å². The van der Waals surface area contributed by atoms with Crippen LogP contribution in [0.1, 0.15) is 27.6 Å². The van der Waals surface area contributed by atoms with Gasteiger partial charge in [-0.15, -0.1) is 18.3 Å². The van der Waals surface area contributed by atoms with Gasteiger partial charge in [-0.1, -0.05) is 17.0 Å². The number of thioether (sulfide) groups is 1. The van der Waals surface area contributed by atoms with Crippen LogP contribution in [0.25, 0.3) is 5.69 Å². The monoisotopic (exact) mass is 554 g/mol. The number of nitrogens with zero attached hydrogens (tertiary/aromatic N) is 5. The van der Waals surface area contributed by atoms with Crippen LogP contribution in [0.15, 0.2) is 47.6 Å². The number of carbonyl (C=O) groups is 1. The molecular weight excluding hydrogens is 538 g/mol. The summed E-state index contributed by atoms with van der Waals surface area (Å²) in [5.74, 6) is -6.28. The Morgan fingerprint density at radius 2 is 1.66 bits per heavy atom. The third-order valence-corrected chi connectivity index (χ3v) is 5.73. The van der Waals surface area contributed by atoms with Crippen molar-refractivity contribution in [1.29, 1.82) is 0 Å². The molecule has 0 spiro atoms. The van der Waals surface area contributed by atoms with E-state index in [0.29, 0.717) is 22.6 Å². The highest BCUT2D eigenvalue weighted by molar-refractivity contribution is 7.98. The Balaban J connectivity index is 1.68. The van der Waals surface area contributed by atoms with Crippen LogP contribution in [-0.4, -0.2) is 37.2 Å². The summed E-state index contributed by atoms with van der Waals surface area (Å²) in [5.41, 5.74) is 0.817. The number of benzene rings is 2. The van der Waals surface area contributed by atoms with E-state index >= 15 is 0 Å². The molecule has 0 unspecified atom stereocenters. The van der Waals surface area contributed by atoms with E-state index in [1.165, 1.54) is 16.8 Å². The molecule has 0 aliphatic carbocycles. The number of hydrogen-bond donors (Lipinski definition) is 1. The lowest BCUT2D eigenvalue weighted by atomic mass is 10.2. The highest BCUT2D eigenvalue weighted by Gasteiger charge is 2.31. The SMILES string of the molecule is Cc1cc(C)nc(SCc2c(C(=O)Nc3ccc(F)c(F)c3F)nnn2-c2ccc(OC(F)(F)F)cc2)n1. The molecule has 0 bridgehead atoms. The Hall–Kier alpha value is -4.14. The summed E-state index contributed by atoms with van der Waals surface area (Å²) in [7, 11) is 0. The smallest absolute Gasteiger partial charge is 0.406 e. The van der Waals surface area contributed by atoms with Crippen molar-refractivity contribution in [1.82, 2.24) is 25.0 Å². The van der Waals surface area contributed by atoms with Crippen LogP contribution in [-0.2, 0) is 5.75 Å². The number of halogens is 6. The van der Waals surface area contributed by atoms with Crippen molar-refractivity contribution in [3.05, 3.63) is 82.7 Å². The summed E-state index contributed by atoms with van der Waals surface area (Å²) in [6.07, 6.45) is -4.89. The zero-order valence-electron chi connectivity index (χ0n) is 19.5. The summed E-state index contributed by atoms with van der Waals surface area (Å²) in [5, 5.41) is 10.2. The fourth-order valence-electron chi connectivity index (χ4n) is 3.30. The number of alkyl halides is 3. The molecule has 0 fully saturated rings. The summed E-state index contributed by atoms with van der Waals surface area (Å²) >= 11 is 1.11. The molecule has 0 saturated carbocycles. The number of nitrogens with one attached hydrogen (secondary N) is 1. The Morgan fingerprint density at radius 3 is 2.29 bits per heavy atom. The largest absolute Gasteiger partial charge is 0.573 e. The van der Waals surface area contributed by atoms with E-state index < -0.39 is 41.2 Å². The molecule has 0 atom stereocenters. The van der Waals surface area contributed by atoms with Crippen LogP contribution in [0, 0.1) is 31.3 Å². The maximum Gasteiger partial charge on any atom is 0.573 e. The summed E-state index contributed by atoms with van der Waals surface area (Å²) < 4.78 is 83.6. The Morgan fingerprint density at radius 1 is 1.00 bits per heavy atom. The normalized spacial score (nSPS) is 11.5. The van der Waals surface area contributed by atoms with E-state index in [-0.39, 0.29) is 22.8 Å². The maximum absolute atomic E-state index is 14.1. The molecule has 2 aromatic carbocycles. The van der Waals surface area contributed by atoms with Crippen LogP contribution in [0.2, 0.25) is 0 Å². The molecule has 38 heavy (non-hydrogen) atoms. The Labute approximate surface area is 215 Å². The first-order valence-corrected chi connectivity index (χ1v) is 11.6. The van der Waals surface area contributed by atoms with E-state index in [1.807, 2.05) is 0 Å². The highest BCUT2D eigenvalue weighted by atomic mass is 32.2. The molecular formula is C23H16F6N6O2S. The molecule has 15 heteroatoms. The third kappa shape index (κ3) is 6.22. The molecule has 0 aliphatic rings. The van der Waals surface area contributed by atoms with Gasteiger partial charge >= 0.3 is 6.36 Å². The average molecular weight is 554 g/mol. The first-order chi connectivity index (χ1) is 17.9. The van der Waals surface area contributed by atoms with Crippen molar-refractivity contribution >= 4 is 23.4 Å². The van der Waals surface area contributed by atoms with Gasteiger partial charge < -0.3 is 10.1 Å². The molecule has 2 heterocycles. The summed E-state index contributed by atoms with van der Waals surface area (Å²) in [6, 6.07) is 7.85. The minimum atomic E-state index is -4.89. The zero-order chi connectivity index (χ0) is 27.6. The number of ether oxygens (including phenoxy) is 1. The lowest BCUT2D eigenvalue weighted by Gasteiger charge is -2.11. The number of carbonyl (C=O) groups excluding carboxylic acids is 1. The van der Waals surface area contributed by atoms with Crippen molar-refractivity contribution in [3.8, 4) is 11.4 Å². The first-order valence-electron chi connectivity index (χ1n) is 10.6. The highest BCUT2D eigenvalue weighted by Crippen LogP contribution is 2.27. The minimum Gasteiger partial charge on any atom is -0.406 e.